The van der Waals surface area contributed by atoms with E-state index in [4.69, 9.17) is 0 Å². The van der Waals surface area contributed by atoms with E-state index in [9.17, 15) is 61.5 Å². The third kappa shape index (κ3) is 3.54. The van der Waals surface area contributed by atoms with Crippen molar-refractivity contribution in [1.82, 2.24) is 0 Å². The minimum atomic E-state index is -7.96. The molecule has 0 saturated heterocycles. The van der Waals surface area contributed by atoms with Gasteiger partial charge < -0.3 is 4.48 Å². The highest BCUT2D eigenvalue weighted by Gasteiger charge is 2.91. The van der Waals surface area contributed by atoms with Crippen molar-refractivity contribution in [2.75, 3.05) is 27.7 Å². The fourth-order valence-electron chi connectivity index (χ4n) is 1.67. The van der Waals surface area contributed by atoms with Crippen LogP contribution in [-0.4, -0.2) is 74.1 Å². The first-order valence-electron chi connectivity index (χ1n) is 6.25. The molecule has 15 heteroatoms. The number of alkyl halides is 14. The Labute approximate surface area is 137 Å². The molecule has 0 N–H and O–H groups in total. The molecule has 0 fully saturated rings. The molecule has 0 amide bonds. The van der Waals surface area contributed by atoms with Crippen molar-refractivity contribution >= 4 is 0 Å². The van der Waals surface area contributed by atoms with Crippen LogP contribution in [0, 0.1) is 0 Å². The largest absolute Gasteiger partial charge is 0.384 e. The maximum absolute atomic E-state index is 13.4. The summed E-state index contributed by atoms with van der Waals surface area (Å²) in [6, 6.07) is 0. The Morgan fingerprint density at radius 1 is 0.577 bits per heavy atom. The predicted molar refractivity (Wildman–Crippen MR) is 58.6 cm³/mol. The number of quaternary nitrogens is 1. The lowest BCUT2D eigenvalue weighted by Gasteiger charge is -2.42. The molecule has 0 rings (SSSR count). The fourth-order valence-corrected chi connectivity index (χ4v) is 1.67. The molecule has 1 nitrogen and oxygen atoms in total. The Morgan fingerprint density at radius 2 is 0.885 bits per heavy atom. The summed E-state index contributed by atoms with van der Waals surface area (Å²) in [7, 11) is 2.12. The van der Waals surface area contributed by atoms with E-state index in [0.29, 0.717) is 21.1 Å². The lowest BCUT2D eigenvalue weighted by atomic mass is 9.91. The van der Waals surface area contributed by atoms with Crippen LogP contribution in [0.2, 0.25) is 0 Å². The molecule has 26 heavy (non-hydrogen) atoms. The molecule has 0 atom stereocenters. The molecular formula is C11H12F14N+. The summed E-state index contributed by atoms with van der Waals surface area (Å²) in [6.45, 7) is -2.30. The first-order valence-corrected chi connectivity index (χ1v) is 6.25. The van der Waals surface area contributed by atoms with Gasteiger partial charge in [0.2, 0.25) is 0 Å². The second-order valence-corrected chi connectivity index (χ2v) is 6.37. The van der Waals surface area contributed by atoms with Gasteiger partial charge in [-0.2, -0.15) is 52.7 Å². The summed E-state index contributed by atoms with van der Waals surface area (Å²) >= 11 is 0. The molecule has 0 saturated carbocycles. The molecule has 0 aromatic rings. The summed E-state index contributed by atoms with van der Waals surface area (Å²) < 4.78 is 180. The second kappa shape index (κ2) is 6.26. The monoisotopic (exact) mass is 424 g/mol. The van der Waals surface area contributed by atoms with Crippen LogP contribution in [0.15, 0.2) is 0 Å². The van der Waals surface area contributed by atoms with Crippen molar-refractivity contribution < 1.29 is 65.9 Å². The minimum absolute atomic E-state index is 0.708. The zero-order valence-corrected chi connectivity index (χ0v) is 13.0. The maximum atomic E-state index is 13.4. The van der Waals surface area contributed by atoms with Crippen LogP contribution in [0.5, 0.6) is 0 Å². The lowest BCUT2D eigenvalue weighted by molar-refractivity contribution is -0.880. The lowest BCUT2D eigenvalue weighted by Crippen LogP contribution is -2.72. The van der Waals surface area contributed by atoms with Crippen LogP contribution in [0.3, 0.4) is 0 Å². The SMILES string of the molecule is C[N+](C)(C)CC(F)(F)C(F)(F)C(F)(F)C(F)(F)C(F)(F)C(F)(F)C(F)F. The van der Waals surface area contributed by atoms with E-state index in [1.165, 1.54) is 0 Å². The topological polar surface area (TPSA) is 0 Å². The van der Waals surface area contributed by atoms with Crippen LogP contribution in [-0.2, 0) is 0 Å². The number of hydrogen-bond acceptors (Lipinski definition) is 0. The first kappa shape index (κ1) is 25.0. The maximum Gasteiger partial charge on any atom is 0.384 e. The van der Waals surface area contributed by atoms with Crippen LogP contribution in [0.1, 0.15) is 0 Å². The van der Waals surface area contributed by atoms with Gasteiger partial charge in [-0.25, -0.2) is 8.78 Å². The molecule has 0 radical (unpaired) electrons. The summed E-state index contributed by atoms with van der Waals surface area (Å²) in [5, 5.41) is 0. The Balaban J connectivity index is 6.36. The number of halogens is 14. The third-order valence-electron chi connectivity index (χ3n) is 3.01. The summed E-state index contributed by atoms with van der Waals surface area (Å²) in [4.78, 5) is 0. The molecule has 0 spiro atoms. The van der Waals surface area contributed by atoms with Crippen LogP contribution < -0.4 is 0 Å². The Hall–Kier alpha value is -1.02. The van der Waals surface area contributed by atoms with E-state index in [1.54, 1.807) is 0 Å². The Kier molecular flexibility index (Phi) is 6.01. The van der Waals surface area contributed by atoms with E-state index >= 15 is 0 Å². The van der Waals surface area contributed by atoms with Crippen molar-refractivity contribution in [1.29, 1.82) is 0 Å². The molecule has 158 valence electrons. The highest BCUT2D eigenvalue weighted by molar-refractivity contribution is 5.12. The Bertz CT molecular complexity index is 504. The van der Waals surface area contributed by atoms with E-state index in [1.807, 2.05) is 0 Å². The van der Waals surface area contributed by atoms with Crippen molar-refractivity contribution in [3.8, 4) is 0 Å². The molecule has 0 unspecified atom stereocenters. The molecule has 0 aromatic carbocycles. The number of hydrogen-bond donors (Lipinski definition) is 0. The normalized spacial score (nSPS) is 16.4. The second-order valence-electron chi connectivity index (χ2n) is 6.37. The summed E-state index contributed by atoms with van der Waals surface area (Å²) in [5.74, 6) is -44.2. The highest BCUT2D eigenvalue weighted by Crippen LogP contribution is 2.60. The summed E-state index contributed by atoms with van der Waals surface area (Å²) in [5.41, 5.74) is 0. The van der Waals surface area contributed by atoms with Gasteiger partial charge in [-0.05, 0) is 0 Å². The average Bonchev–Trinajstić information content (AvgIpc) is 2.34. The Morgan fingerprint density at radius 3 is 1.15 bits per heavy atom. The minimum Gasteiger partial charge on any atom is -0.326 e. The van der Waals surface area contributed by atoms with Crippen molar-refractivity contribution in [2.24, 2.45) is 0 Å². The molecule has 0 aliphatic carbocycles. The van der Waals surface area contributed by atoms with Crippen LogP contribution in [0.4, 0.5) is 61.5 Å². The first-order chi connectivity index (χ1) is 10.9. The number of nitrogens with zero attached hydrogens (tertiary/aromatic N) is 1. The van der Waals surface area contributed by atoms with E-state index in [2.05, 4.69) is 0 Å². The molecule has 0 bridgehead atoms. The fraction of sp³-hybridized carbons (Fsp3) is 1.00. The van der Waals surface area contributed by atoms with Crippen LogP contribution >= 0.6 is 0 Å². The van der Waals surface area contributed by atoms with Gasteiger partial charge in [0.05, 0.1) is 21.1 Å². The van der Waals surface area contributed by atoms with Gasteiger partial charge in [-0.15, -0.1) is 0 Å². The zero-order valence-electron chi connectivity index (χ0n) is 13.0. The summed E-state index contributed by atoms with van der Waals surface area (Å²) in [6.07, 6.45) is -5.68. The smallest absolute Gasteiger partial charge is 0.326 e. The zero-order chi connectivity index (χ0) is 21.8. The molecular weight excluding hydrogens is 412 g/mol. The average molecular weight is 424 g/mol. The molecule has 0 aliphatic rings. The van der Waals surface area contributed by atoms with E-state index < -0.39 is 53.0 Å². The van der Waals surface area contributed by atoms with Crippen LogP contribution in [0.25, 0.3) is 0 Å². The van der Waals surface area contributed by atoms with Gasteiger partial charge in [0.15, 0.2) is 0 Å². The van der Waals surface area contributed by atoms with E-state index in [-0.39, 0.29) is 0 Å². The standard InChI is InChI=1S/C11H12F14N/c1-26(2,3)4-6(14,15)8(18,19)10(22,23)11(24,25)9(20,21)7(16,17)5(12)13/h5H,4H2,1-3H3/q+1. The van der Waals surface area contributed by atoms with Gasteiger partial charge in [-0.3, -0.25) is 0 Å². The third-order valence-corrected chi connectivity index (χ3v) is 3.01. The quantitative estimate of drug-likeness (QED) is 0.389. The number of rotatable bonds is 8. The van der Waals surface area contributed by atoms with Crippen molar-refractivity contribution in [3.05, 3.63) is 0 Å². The van der Waals surface area contributed by atoms with Gasteiger partial charge >= 0.3 is 42.0 Å². The molecule has 0 aliphatic heterocycles. The predicted octanol–water partition coefficient (Wildman–Crippen LogP) is 4.77. The van der Waals surface area contributed by atoms with Crippen molar-refractivity contribution in [3.63, 3.8) is 0 Å². The van der Waals surface area contributed by atoms with Gasteiger partial charge in [-0.1, -0.05) is 0 Å². The van der Waals surface area contributed by atoms with Crippen molar-refractivity contribution in [2.45, 2.75) is 42.0 Å². The molecule has 0 heterocycles. The molecule has 0 aromatic heterocycles. The van der Waals surface area contributed by atoms with Gasteiger partial charge in [0.1, 0.15) is 6.54 Å². The van der Waals surface area contributed by atoms with E-state index in [0.717, 1.165) is 0 Å². The highest BCUT2D eigenvalue weighted by atomic mass is 19.4. The van der Waals surface area contributed by atoms with Gasteiger partial charge in [0, 0.05) is 0 Å². The van der Waals surface area contributed by atoms with Gasteiger partial charge in [0.25, 0.3) is 0 Å².